The molecule has 152 valence electrons. The highest BCUT2D eigenvalue weighted by Gasteiger charge is 2.19. The van der Waals surface area contributed by atoms with Gasteiger partial charge in [-0.3, -0.25) is 9.36 Å². The number of ether oxygens (including phenoxy) is 1. The van der Waals surface area contributed by atoms with Crippen LogP contribution in [0.1, 0.15) is 5.56 Å². The Kier molecular flexibility index (Phi) is 9.14. The first-order chi connectivity index (χ1) is 12.9. The molecule has 0 saturated carbocycles. The van der Waals surface area contributed by atoms with Crippen LogP contribution in [-0.2, 0) is 15.8 Å². The number of carbonyl (C=O) groups is 1. The summed E-state index contributed by atoms with van der Waals surface area (Å²) in [6, 6.07) is 6.46. The van der Waals surface area contributed by atoms with Gasteiger partial charge in [-0.15, -0.1) is 0 Å². The fourth-order valence-corrected chi connectivity index (χ4v) is 7.22. The lowest BCUT2D eigenvalue weighted by molar-refractivity contribution is -0.138. The van der Waals surface area contributed by atoms with Crippen LogP contribution in [0.5, 0.6) is 17.2 Å². The molecule has 6 nitrogen and oxygen atoms in total. The average molecular weight is 853 g/mol. The van der Waals surface area contributed by atoms with Gasteiger partial charge in [-0.2, -0.15) is 0 Å². The number of carboxylic acids is 1. The molecular weight excluding hydrogens is 837 g/mol. The SMILES string of the molecule is CP(C)(=O)Oc1c(I)cc(Oc2c(I)cc(CC(N)C(=O)O)cc2I)cc1I. The predicted octanol–water partition coefficient (Wildman–Crippen LogP) is 5.77. The highest BCUT2D eigenvalue weighted by molar-refractivity contribution is 14.1. The number of hydrogen-bond acceptors (Lipinski definition) is 5. The number of aliphatic carboxylic acids is 1. The molecule has 0 heterocycles. The first kappa shape index (κ1) is 24.9. The maximum atomic E-state index is 12.0. The Labute approximate surface area is 217 Å². The Morgan fingerprint density at radius 1 is 1.04 bits per heavy atom. The van der Waals surface area contributed by atoms with Gasteiger partial charge in [0.25, 0.3) is 0 Å². The molecule has 0 aliphatic rings. The van der Waals surface area contributed by atoms with Gasteiger partial charge < -0.3 is 20.1 Å². The molecule has 11 heteroatoms. The highest BCUT2D eigenvalue weighted by atomic mass is 127. The van der Waals surface area contributed by atoms with Gasteiger partial charge in [-0.1, -0.05) is 0 Å². The minimum atomic E-state index is -2.67. The molecular formula is C17H16I4NO5P. The zero-order valence-corrected chi connectivity index (χ0v) is 24.2. The summed E-state index contributed by atoms with van der Waals surface area (Å²) < 4.78 is 27.0. The molecule has 0 radical (unpaired) electrons. The van der Waals surface area contributed by atoms with Crippen LogP contribution in [0, 0.1) is 14.3 Å². The van der Waals surface area contributed by atoms with Crippen molar-refractivity contribution in [2.45, 2.75) is 12.5 Å². The van der Waals surface area contributed by atoms with Crippen LogP contribution in [0.25, 0.3) is 0 Å². The topological polar surface area (TPSA) is 98.9 Å². The Bertz CT molecular complexity index is 917. The third-order valence-corrected chi connectivity index (χ3v) is 7.16. The zero-order chi connectivity index (χ0) is 21.2. The van der Waals surface area contributed by atoms with Crippen molar-refractivity contribution < 1.29 is 23.7 Å². The molecule has 0 aliphatic heterocycles. The van der Waals surface area contributed by atoms with Crippen LogP contribution < -0.4 is 15.0 Å². The third kappa shape index (κ3) is 7.10. The molecule has 0 bridgehead atoms. The van der Waals surface area contributed by atoms with E-state index in [0.29, 0.717) is 17.2 Å². The maximum Gasteiger partial charge on any atom is 0.320 e. The van der Waals surface area contributed by atoms with Gasteiger partial charge >= 0.3 is 5.97 Å². The van der Waals surface area contributed by atoms with E-state index in [1.807, 2.05) is 24.3 Å². The summed E-state index contributed by atoms with van der Waals surface area (Å²) in [5.41, 5.74) is 6.47. The zero-order valence-electron chi connectivity index (χ0n) is 14.7. The lowest BCUT2D eigenvalue weighted by Crippen LogP contribution is -2.32. The number of rotatable bonds is 7. The van der Waals surface area contributed by atoms with Crippen LogP contribution in [0.2, 0.25) is 0 Å². The highest BCUT2D eigenvalue weighted by Crippen LogP contribution is 2.44. The summed E-state index contributed by atoms with van der Waals surface area (Å²) in [5, 5.41) is 8.99. The Hall–Kier alpha value is 0.620. The summed E-state index contributed by atoms with van der Waals surface area (Å²) in [6.07, 6.45) is 0.248. The monoisotopic (exact) mass is 853 g/mol. The predicted molar refractivity (Wildman–Crippen MR) is 143 cm³/mol. The average Bonchev–Trinajstić information content (AvgIpc) is 2.53. The van der Waals surface area contributed by atoms with E-state index in [0.717, 1.165) is 19.8 Å². The number of hydrogen-bond donors (Lipinski definition) is 2. The molecule has 0 saturated heterocycles. The lowest BCUT2D eigenvalue weighted by Gasteiger charge is -2.17. The van der Waals surface area contributed by atoms with Gasteiger partial charge in [0, 0.05) is 13.3 Å². The standard InChI is InChI=1S/C17H16I4NO5P/c1-28(2,25)27-16-12(20)6-9(7-13(16)21)26-15-10(18)3-8(4-11(15)19)5-14(22)17(23)24/h3-4,6-7,14H,5,22H2,1-2H3,(H,23,24). The first-order valence-corrected chi connectivity index (χ1v) is 14.6. The molecule has 0 aromatic heterocycles. The fraction of sp³-hybridized carbons (Fsp3) is 0.235. The molecule has 2 aromatic carbocycles. The van der Waals surface area contributed by atoms with Crippen LogP contribution in [-0.4, -0.2) is 30.4 Å². The molecule has 0 spiro atoms. The minimum absolute atomic E-state index is 0.248. The van der Waals surface area contributed by atoms with E-state index in [-0.39, 0.29) is 6.42 Å². The smallest absolute Gasteiger partial charge is 0.320 e. The van der Waals surface area contributed by atoms with Crippen molar-refractivity contribution in [3.8, 4) is 17.2 Å². The summed E-state index contributed by atoms with van der Waals surface area (Å²) in [7, 11) is -2.67. The van der Waals surface area contributed by atoms with E-state index in [4.69, 9.17) is 20.1 Å². The molecule has 0 amide bonds. The van der Waals surface area contributed by atoms with Crippen LogP contribution >= 0.6 is 97.7 Å². The van der Waals surface area contributed by atoms with Crippen molar-refractivity contribution in [1.82, 2.24) is 0 Å². The molecule has 3 N–H and O–H groups in total. The lowest BCUT2D eigenvalue weighted by atomic mass is 10.1. The van der Waals surface area contributed by atoms with E-state index in [9.17, 15) is 9.36 Å². The second-order valence-corrected chi connectivity index (χ2v) is 13.5. The van der Waals surface area contributed by atoms with Gasteiger partial charge in [0.05, 0.1) is 14.3 Å². The van der Waals surface area contributed by atoms with Crippen molar-refractivity contribution in [3.05, 3.63) is 44.1 Å². The van der Waals surface area contributed by atoms with Gasteiger partial charge in [0.1, 0.15) is 11.8 Å². The van der Waals surface area contributed by atoms with Crippen molar-refractivity contribution in [2.75, 3.05) is 13.3 Å². The van der Waals surface area contributed by atoms with Crippen LogP contribution in [0.3, 0.4) is 0 Å². The Balaban J connectivity index is 2.31. The molecule has 0 fully saturated rings. The number of carboxylic acid groups (broad SMARTS) is 1. The quantitative estimate of drug-likeness (QED) is 0.272. The van der Waals surface area contributed by atoms with E-state index in [1.54, 1.807) is 13.3 Å². The molecule has 1 unspecified atom stereocenters. The summed E-state index contributed by atoms with van der Waals surface area (Å²) in [6.45, 7) is 3.15. The van der Waals surface area contributed by atoms with Gasteiger partial charge in [-0.05, 0) is 127 Å². The second-order valence-electron chi connectivity index (χ2n) is 6.20. The molecule has 2 aromatic rings. The normalized spacial score (nSPS) is 12.5. The van der Waals surface area contributed by atoms with E-state index in [1.165, 1.54) is 0 Å². The first-order valence-electron chi connectivity index (χ1n) is 7.75. The minimum Gasteiger partial charge on any atom is -0.480 e. The molecule has 0 aliphatic carbocycles. The van der Waals surface area contributed by atoms with Gasteiger partial charge in [0.15, 0.2) is 11.5 Å². The van der Waals surface area contributed by atoms with Crippen molar-refractivity contribution in [2.24, 2.45) is 5.73 Å². The summed E-state index contributed by atoms with van der Waals surface area (Å²) in [5.74, 6) is 0.879. The van der Waals surface area contributed by atoms with E-state index >= 15 is 0 Å². The van der Waals surface area contributed by atoms with Crippen LogP contribution in [0.15, 0.2) is 24.3 Å². The van der Waals surface area contributed by atoms with E-state index in [2.05, 4.69) is 90.4 Å². The van der Waals surface area contributed by atoms with Crippen molar-refractivity contribution >= 4 is 104 Å². The molecule has 28 heavy (non-hydrogen) atoms. The summed E-state index contributed by atoms with van der Waals surface area (Å²) in [4.78, 5) is 11.0. The number of nitrogens with two attached hydrogens (primary N) is 1. The van der Waals surface area contributed by atoms with Gasteiger partial charge in [-0.25, -0.2) is 0 Å². The van der Waals surface area contributed by atoms with Crippen LogP contribution in [0.4, 0.5) is 0 Å². The second kappa shape index (κ2) is 10.3. The summed E-state index contributed by atoms with van der Waals surface area (Å²) >= 11 is 8.59. The molecule has 2 rings (SSSR count). The Morgan fingerprint density at radius 2 is 1.50 bits per heavy atom. The van der Waals surface area contributed by atoms with Gasteiger partial charge in [0.2, 0.25) is 7.37 Å². The molecule has 1 atom stereocenters. The largest absolute Gasteiger partial charge is 0.480 e. The van der Waals surface area contributed by atoms with Crippen molar-refractivity contribution in [3.63, 3.8) is 0 Å². The number of halogens is 4. The maximum absolute atomic E-state index is 12.0. The van der Waals surface area contributed by atoms with Crippen molar-refractivity contribution in [1.29, 1.82) is 0 Å². The number of benzene rings is 2. The van der Waals surface area contributed by atoms with E-state index < -0.39 is 19.4 Å². The third-order valence-electron chi connectivity index (χ3n) is 3.33. The fourth-order valence-electron chi connectivity index (χ4n) is 2.19. The Morgan fingerprint density at radius 3 is 1.93 bits per heavy atom.